The highest BCUT2D eigenvalue weighted by Crippen LogP contribution is 2.28. The summed E-state index contributed by atoms with van der Waals surface area (Å²) in [5.41, 5.74) is -1.81. The lowest BCUT2D eigenvalue weighted by atomic mass is 10.0. The van der Waals surface area contributed by atoms with Crippen molar-refractivity contribution in [1.29, 1.82) is 0 Å². The third-order valence-electron chi connectivity index (χ3n) is 3.90. The highest BCUT2D eigenvalue weighted by Gasteiger charge is 2.45. The first-order valence-electron chi connectivity index (χ1n) is 6.87. The summed E-state index contributed by atoms with van der Waals surface area (Å²) in [5.74, 6) is -0.858. The molecular weight excluding hydrogens is 262 g/mol. The summed E-state index contributed by atoms with van der Waals surface area (Å²) < 4.78 is 0. The molecule has 0 aromatic rings. The maximum absolute atomic E-state index is 11.9. The van der Waals surface area contributed by atoms with E-state index in [1.807, 2.05) is 0 Å². The van der Waals surface area contributed by atoms with Crippen LogP contribution in [0, 0.1) is 0 Å². The van der Waals surface area contributed by atoms with Crippen LogP contribution in [0.5, 0.6) is 0 Å². The molecule has 112 valence electrons. The van der Waals surface area contributed by atoms with Gasteiger partial charge in [-0.1, -0.05) is 12.8 Å². The Morgan fingerprint density at radius 1 is 1.35 bits per heavy atom. The first-order valence-corrected chi connectivity index (χ1v) is 6.87. The maximum Gasteiger partial charge on any atom is 0.325 e. The Balaban J connectivity index is 1.86. The van der Waals surface area contributed by atoms with E-state index in [9.17, 15) is 19.5 Å². The number of nitrogens with zero attached hydrogens (tertiary/aromatic N) is 1. The lowest BCUT2D eigenvalue weighted by molar-refractivity contribution is -0.134. The lowest BCUT2D eigenvalue weighted by Crippen LogP contribution is -2.46. The molecule has 1 saturated carbocycles. The van der Waals surface area contributed by atoms with E-state index >= 15 is 0 Å². The van der Waals surface area contributed by atoms with E-state index in [2.05, 4.69) is 10.6 Å². The first kappa shape index (κ1) is 14.8. The normalized spacial score (nSPS) is 23.9. The molecule has 0 aromatic carbocycles. The van der Waals surface area contributed by atoms with Crippen LogP contribution in [0.2, 0.25) is 0 Å². The summed E-state index contributed by atoms with van der Waals surface area (Å²) in [6, 6.07) is -0.560. The van der Waals surface area contributed by atoms with Crippen molar-refractivity contribution in [3.8, 4) is 0 Å². The molecule has 3 N–H and O–H groups in total. The van der Waals surface area contributed by atoms with Crippen LogP contribution in [0.3, 0.4) is 0 Å². The summed E-state index contributed by atoms with van der Waals surface area (Å²) in [4.78, 5) is 36.2. The van der Waals surface area contributed by atoms with E-state index in [0.29, 0.717) is 12.8 Å². The van der Waals surface area contributed by atoms with Gasteiger partial charge in [-0.2, -0.15) is 0 Å². The highest BCUT2D eigenvalue weighted by atomic mass is 16.3. The van der Waals surface area contributed by atoms with Crippen molar-refractivity contribution in [3.63, 3.8) is 0 Å². The van der Waals surface area contributed by atoms with Crippen LogP contribution in [-0.4, -0.2) is 52.1 Å². The highest BCUT2D eigenvalue weighted by molar-refractivity contribution is 6.08. The molecule has 0 atom stereocenters. The van der Waals surface area contributed by atoms with E-state index in [1.54, 1.807) is 13.8 Å². The van der Waals surface area contributed by atoms with Gasteiger partial charge in [0.25, 0.3) is 5.91 Å². The second-order valence-electron chi connectivity index (χ2n) is 6.15. The minimum Gasteiger partial charge on any atom is -0.388 e. The zero-order chi connectivity index (χ0) is 15.0. The van der Waals surface area contributed by atoms with E-state index in [4.69, 9.17) is 0 Å². The standard InChI is InChI=1S/C13H21N3O4/c1-12(2)10(18)16(11(19)15-12)7-9(17)14-8-13(20)5-3-4-6-13/h20H,3-8H2,1-2H3,(H,14,17)(H,15,19). The average molecular weight is 283 g/mol. The summed E-state index contributed by atoms with van der Waals surface area (Å²) in [5, 5.41) is 15.2. The zero-order valence-corrected chi connectivity index (χ0v) is 11.9. The Kier molecular flexibility index (Phi) is 3.73. The van der Waals surface area contributed by atoms with Crippen LogP contribution < -0.4 is 10.6 Å². The van der Waals surface area contributed by atoms with Crippen LogP contribution in [0.25, 0.3) is 0 Å². The monoisotopic (exact) mass is 283 g/mol. The van der Waals surface area contributed by atoms with Crippen molar-refractivity contribution in [2.75, 3.05) is 13.1 Å². The van der Waals surface area contributed by atoms with Gasteiger partial charge in [0.05, 0.1) is 5.60 Å². The van der Waals surface area contributed by atoms with Crippen molar-refractivity contribution < 1.29 is 19.5 Å². The molecule has 1 heterocycles. The number of amides is 4. The third kappa shape index (κ3) is 2.92. The maximum atomic E-state index is 11.9. The van der Waals surface area contributed by atoms with E-state index < -0.39 is 29.0 Å². The fourth-order valence-electron chi connectivity index (χ4n) is 2.63. The molecule has 1 saturated heterocycles. The lowest BCUT2D eigenvalue weighted by Gasteiger charge is -2.23. The Morgan fingerprint density at radius 3 is 2.45 bits per heavy atom. The molecule has 20 heavy (non-hydrogen) atoms. The predicted octanol–water partition coefficient (Wildman–Crippen LogP) is -0.262. The number of aliphatic hydroxyl groups is 1. The Hall–Kier alpha value is -1.63. The number of hydrogen-bond acceptors (Lipinski definition) is 4. The van der Waals surface area contributed by atoms with Gasteiger partial charge in [-0.15, -0.1) is 0 Å². The molecule has 0 spiro atoms. The molecule has 1 aliphatic carbocycles. The Labute approximate surface area is 117 Å². The van der Waals surface area contributed by atoms with Crippen molar-refractivity contribution >= 4 is 17.8 Å². The van der Waals surface area contributed by atoms with Gasteiger partial charge in [0.15, 0.2) is 0 Å². The van der Waals surface area contributed by atoms with Crippen molar-refractivity contribution in [2.45, 2.75) is 50.7 Å². The topological polar surface area (TPSA) is 98.7 Å². The number of hydrogen-bond donors (Lipinski definition) is 3. The van der Waals surface area contributed by atoms with Crippen LogP contribution >= 0.6 is 0 Å². The van der Waals surface area contributed by atoms with Gasteiger partial charge in [0.2, 0.25) is 5.91 Å². The molecule has 2 fully saturated rings. The minimum absolute atomic E-state index is 0.166. The SMILES string of the molecule is CC1(C)NC(=O)N(CC(=O)NCC2(O)CCCC2)C1=O. The minimum atomic E-state index is -0.971. The molecule has 0 bridgehead atoms. The fraction of sp³-hybridized carbons (Fsp3) is 0.769. The predicted molar refractivity (Wildman–Crippen MR) is 70.8 cm³/mol. The zero-order valence-electron chi connectivity index (χ0n) is 11.9. The largest absolute Gasteiger partial charge is 0.388 e. The third-order valence-corrected chi connectivity index (χ3v) is 3.90. The Bertz CT molecular complexity index is 441. The van der Waals surface area contributed by atoms with Crippen LogP contribution in [0.4, 0.5) is 4.79 Å². The molecule has 7 nitrogen and oxygen atoms in total. The number of carbonyl (C=O) groups is 3. The van der Waals surface area contributed by atoms with E-state index in [1.165, 1.54) is 0 Å². The van der Waals surface area contributed by atoms with Crippen molar-refractivity contribution in [3.05, 3.63) is 0 Å². The van der Waals surface area contributed by atoms with Crippen LogP contribution in [-0.2, 0) is 9.59 Å². The van der Waals surface area contributed by atoms with Crippen LogP contribution in [0.15, 0.2) is 0 Å². The number of urea groups is 1. The Morgan fingerprint density at radius 2 is 1.95 bits per heavy atom. The quantitative estimate of drug-likeness (QED) is 0.619. The molecule has 2 rings (SSSR count). The summed E-state index contributed by atoms with van der Waals surface area (Å²) in [7, 11) is 0. The van der Waals surface area contributed by atoms with E-state index in [0.717, 1.165) is 17.7 Å². The molecule has 2 aliphatic rings. The second-order valence-corrected chi connectivity index (χ2v) is 6.15. The molecule has 0 radical (unpaired) electrons. The smallest absolute Gasteiger partial charge is 0.325 e. The number of rotatable bonds is 4. The van der Waals surface area contributed by atoms with Crippen molar-refractivity contribution in [1.82, 2.24) is 15.5 Å². The molecular formula is C13H21N3O4. The molecule has 0 aromatic heterocycles. The fourth-order valence-corrected chi connectivity index (χ4v) is 2.63. The van der Waals surface area contributed by atoms with Gasteiger partial charge < -0.3 is 15.7 Å². The molecule has 1 aliphatic heterocycles. The van der Waals surface area contributed by atoms with Gasteiger partial charge in [-0.25, -0.2) is 4.79 Å². The number of carbonyl (C=O) groups excluding carboxylic acids is 3. The number of nitrogens with one attached hydrogen (secondary N) is 2. The van der Waals surface area contributed by atoms with Gasteiger partial charge >= 0.3 is 6.03 Å². The summed E-state index contributed by atoms with van der Waals surface area (Å²) >= 11 is 0. The molecule has 4 amide bonds. The van der Waals surface area contributed by atoms with Crippen LogP contribution in [0.1, 0.15) is 39.5 Å². The van der Waals surface area contributed by atoms with E-state index in [-0.39, 0.29) is 13.1 Å². The van der Waals surface area contributed by atoms with Crippen molar-refractivity contribution in [2.24, 2.45) is 0 Å². The molecule has 0 unspecified atom stereocenters. The summed E-state index contributed by atoms with van der Waals surface area (Å²) in [6.45, 7) is 3.03. The van der Waals surface area contributed by atoms with Gasteiger partial charge in [0, 0.05) is 6.54 Å². The molecule has 7 heteroatoms. The second kappa shape index (κ2) is 5.05. The van der Waals surface area contributed by atoms with Gasteiger partial charge in [-0.3, -0.25) is 14.5 Å². The van der Waals surface area contributed by atoms with Gasteiger partial charge in [-0.05, 0) is 26.7 Å². The number of imide groups is 1. The van der Waals surface area contributed by atoms with Gasteiger partial charge in [0.1, 0.15) is 12.1 Å². The summed E-state index contributed by atoms with van der Waals surface area (Å²) in [6.07, 6.45) is 3.24. The first-order chi connectivity index (χ1) is 9.23. The average Bonchev–Trinajstić information content (AvgIpc) is 2.86.